The van der Waals surface area contributed by atoms with Gasteiger partial charge in [0.15, 0.2) is 0 Å². The molecule has 138 valence electrons. The van der Waals surface area contributed by atoms with Crippen LogP contribution in [0.25, 0.3) is 11.3 Å². The Balaban J connectivity index is 1.37. The molecule has 1 fully saturated rings. The Labute approximate surface area is 163 Å². The zero-order valence-corrected chi connectivity index (χ0v) is 16.1. The van der Waals surface area contributed by atoms with Crippen LogP contribution in [-0.2, 0) is 23.2 Å². The molecule has 0 saturated heterocycles. The highest BCUT2D eigenvalue weighted by Crippen LogP contribution is 2.44. The van der Waals surface area contributed by atoms with Crippen LogP contribution in [0.4, 0.5) is 5.69 Å². The van der Waals surface area contributed by atoms with Crippen LogP contribution in [0.3, 0.4) is 0 Å². The molecule has 1 amide bonds. The first-order valence-corrected chi connectivity index (χ1v) is 10.6. The normalized spacial score (nSPS) is 17.8. The van der Waals surface area contributed by atoms with E-state index in [1.165, 1.54) is 22.8 Å². The van der Waals surface area contributed by atoms with Crippen molar-refractivity contribution in [3.05, 3.63) is 58.7 Å². The maximum Gasteiger partial charge on any atom is 0.235 e. The van der Waals surface area contributed by atoms with Gasteiger partial charge in [0.1, 0.15) is 5.82 Å². The van der Waals surface area contributed by atoms with Crippen LogP contribution in [0.15, 0.2) is 48.0 Å². The first-order chi connectivity index (χ1) is 13.3. The zero-order valence-electron chi connectivity index (χ0n) is 15.3. The number of benzene rings is 1. The molecule has 5 rings (SSSR count). The van der Waals surface area contributed by atoms with E-state index < -0.39 is 0 Å². The third-order valence-corrected chi connectivity index (χ3v) is 7.12. The van der Waals surface area contributed by atoms with Gasteiger partial charge in [0.2, 0.25) is 5.91 Å². The molecule has 3 aromatic rings. The van der Waals surface area contributed by atoms with Gasteiger partial charge >= 0.3 is 0 Å². The molecule has 1 saturated carbocycles. The second-order valence-corrected chi connectivity index (χ2v) is 8.56. The van der Waals surface area contributed by atoms with Crippen molar-refractivity contribution in [2.75, 3.05) is 5.32 Å². The van der Waals surface area contributed by atoms with Gasteiger partial charge in [0, 0.05) is 23.5 Å². The molecule has 2 aliphatic rings. The maximum absolute atomic E-state index is 13.2. The summed E-state index contributed by atoms with van der Waals surface area (Å²) in [6.07, 6.45) is 8.34. The van der Waals surface area contributed by atoms with Crippen LogP contribution in [0, 0.1) is 0 Å². The van der Waals surface area contributed by atoms with E-state index >= 15 is 0 Å². The number of fused-ring (bicyclic) bond motifs is 1. The number of rotatable bonds is 4. The maximum atomic E-state index is 13.2. The molecule has 1 N–H and O–H groups in total. The molecule has 4 nitrogen and oxygen atoms in total. The molecule has 0 radical (unpaired) electrons. The lowest BCUT2D eigenvalue weighted by atomic mass is 9.83. The lowest BCUT2D eigenvalue weighted by Gasteiger charge is -2.26. The average Bonchev–Trinajstić information content (AvgIpc) is 3.46. The molecule has 1 aliphatic carbocycles. The van der Waals surface area contributed by atoms with E-state index in [0.29, 0.717) is 0 Å². The smallest absolute Gasteiger partial charge is 0.235 e. The van der Waals surface area contributed by atoms with Gasteiger partial charge in [0.25, 0.3) is 0 Å². The van der Waals surface area contributed by atoms with E-state index in [-0.39, 0.29) is 11.3 Å². The number of imidazole rings is 1. The standard InChI is InChI=1S/C22H23N3OS/c26-21(22(11-1-2-12-22)19-5-4-14-27-19)24-17-9-7-16(8-10-17)18-15-23-20-6-3-13-25(18)20/h4-5,7-10,14-15H,1-3,6,11-13H2,(H,24,26). The molecule has 27 heavy (non-hydrogen) atoms. The molecular weight excluding hydrogens is 354 g/mol. The van der Waals surface area contributed by atoms with E-state index in [1.807, 2.05) is 24.4 Å². The van der Waals surface area contributed by atoms with Gasteiger partial charge in [-0.25, -0.2) is 4.98 Å². The summed E-state index contributed by atoms with van der Waals surface area (Å²) in [5.41, 5.74) is 2.85. The first-order valence-electron chi connectivity index (χ1n) is 9.77. The van der Waals surface area contributed by atoms with Crippen molar-refractivity contribution in [2.45, 2.75) is 50.5 Å². The largest absolute Gasteiger partial charge is 0.328 e. The van der Waals surface area contributed by atoms with E-state index in [1.54, 1.807) is 11.3 Å². The highest BCUT2D eigenvalue weighted by Gasteiger charge is 2.43. The SMILES string of the molecule is O=C(Nc1ccc(-c2cnc3n2CCC3)cc1)C1(c2cccs2)CCCC1. The van der Waals surface area contributed by atoms with E-state index in [9.17, 15) is 4.79 Å². The molecule has 1 aliphatic heterocycles. The molecule has 5 heteroatoms. The molecule has 0 bridgehead atoms. The first kappa shape index (κ1) is 16.8. The van der Waals surface area contributed by atoms with Crippen LogP contribution in [0.1, 0.15) is 42.8 Å². The number of amides is 1. The highest BCUT2D eigenvalue weighted by molar-refractivity contribution is 7.10. The summed E-state index contributed by atoms with van der Waals surface area (Å²) >= 11 is 1.70. The summed E-state index contributed by atoms with van der Waals surface area (Å²) in [6, 6.07) is 12.4. The third-order valence-electron chi connectivity index (χ3n) is 6.04. The molecule has 0 unspecified atom stereocenters. The van der Waals surface area contributed by atoms with Crippen molar-refractivity contribution in [2.24, 2.45) is 0 Å². The lowest BCUT2D eigenvalue weighted by Crippen LogP contribution is -2.37. The summed E-state index contributed by atoms with van der Waals surface area (Å²) in [7, 11) is 0. The number of aryl methyl sites for hydroxylation is 1. The fourth-order valence-corrected chi connectivity index (χ4v) is 5.56. The van der Waals surface area contributed by atoms with Crippen LogP contribution in [-0.4, -0.2) is 15.5 Å². The number of hydrogen-bond donors (Lipinski definition) is 1. The second kappa shape index (κ2) is 6.64. The number of nitrogens with one attached hydrogen (secondary N) is 1. The Hall–Kier alpha value is -2.40. The van der Waals surface area contributed by atoms with Gasteiger partial charge in [-0.2, -0.15) is 0 Å². The fourth-order valence-electron chi connectivity index (χ4n) is 4.58. The Morgan fingerprint density at radius 3 is 2.67 bits per heavy atom. The van der Waals surface area contributed by atoms with Gasteiger partial charge in [-0.3, -0.25) is 4.79 Å². The van der Waals surface area contributed by atoms with Gasteiger partial charge in [-0.15, -0.1) is 11.3 Å². The minimum atomic E-state index is -0.348. The molecular formula is C22H23N3OS. The van der Waals surface area contributed by atoms with Crippen LogP contribution in [0.2, 0.25) is 0 Å². The van der Waals surface area contributed by atoms with Crippen molar-refractivity contribution in [3.8, 4) is 11.3 Å². The van der Waals surface area contributed by atoms with E-state index in [2.05, 4.69) is 38.4 Å². The van der Waals surface area contributed by atoms with Gasteiger partial charge in [-0.05, 0) is 48.4 Å². The minimum Gasteiger partial charge on any atom is -0.328 e. The number of carbonyl (C=O) groups is 1. The monoisotopic (exact) mass is 377 g/mol. The van der Waals surface area contributed by atoms with Crippen LogP contribution in [0.5, 0.6) is 0 Å². The Morgan fingerprint density at radius 2 is 1.93 bits per heavy atom. The molecule has 0 spiro atoms. The number of anilines is 1. The van der Waals surface area contributed by atoms with Crippen molar-refractivity contribution in [1.29, 1.82) is 0 Å². The summed E-state index contributed by atoms with van der Waals surface area (Å²) in [5, 5.41) is 5.25. The van der Waals surface area contributed by atoms with Crippen molar-refractivity contribution in [3.63, 3.8) is 0 Å². The molecule has 2 aromatic heterocycles. The Morgan fingerprint density at radius 1 is 1.11 bits per heavy atom. The predicted octanol–water partition coefficient (Wildman–Crippen LogP) is 5.01. The topological polar surface area (TPSA) is 46.9 Å². The molecule has 1 aromatic carbocycles. The van der Waals surface area contributed by atoms with Crippen LogP contribution < -0.4 is 5.32 Å². The van der Waals surface area contributed by atoms with Crippen LogP contribution >= 0.6 is 11.3 Å². The van der Waals surface area contributed by atoms with Crippen molar-refractivity contribution < 1.29 is 4.79 Å². The number of thiophene rings is 1. The van der Waals surface area contributed by atoms with E-state index in [4.69, 9.17) is 0 Å². The number of nitrogens with zero attached hydrogens (tertiary/aromatic N) is 2. The zero-order chi connectivity index (χ0) is 18.3. The highest BCUT2D eigenvalue weighted by atomic mass is 32.1. The quantitative estimate of drug-likeness (QED) is 0.695. The van der Waals surface area contributed by atoms with Crippen molar-refractivity contribution >= 4 is 22.9 Å². The van der Waals surface area contributed by atoms with Gasteiger partial charge in [-0.1, -0.05) is 31.0 Å². The summed E-state index contributed by atoms with van der Waals surface area (Å²) in [6.45, 7) is 1.05. The summed E-state index contributed by atoms with van der Waals surface area (Å²) in [4.78, 5) is 18.9. The van der Waals surface area contributed by atoms with Gasteiger partial charge in [0.05, 0.1) is 17.3 Å². The predicted molar refractivity (Wildman–Crippen MR) is 109 cm³/mol. The second-order valence-electron chi connectivity index (χ2n) is 7.61. The number of hydrogen-bond acceptors (Lipinski definition) is 3. The number of aromatic nitrogens is 2. The molecule has 3 heterocycles. The lowest BCUT2D eigenvalue weighted by molar-refractivity contribution is -0.121. The third kappa shape index (κ3) is 2.81. The van der Waals surface area contributed by atoms with E-state index in [0.717, 1.165) is 49.9 Å². The summed E-state index contributed by atoms with van der Waals surface area (Å²) in [5.74, 6) is 1.32. The van der Waals surface area contributed by atoms with Gasteiger partial charge < -0.3 is 9.88 Å². The minimum absolute atomic E-state index is 0.139. The summed E-state index contributed by atoms with van der Waals surface area (Å²) < 4.78 is 2.30. The fraction of sp³-hybridized carbons (Fsp3) is 0.364. The molecule has 0 atom stereocenters. The number of carbonyl (C=O) groups excluding carboxylic acids is 1. The van der Waals surface area contributed by atoms with Crippen molar-refractivity contribution in [1.82, 2.24) is 9.55 Å². The Kier molecular flexibility index (Phi) is 4.12. The Bertz CT molecular complexity index is 950. The average molecular weight is 378 g/mol.